The molecule has 2 atom stereocenters. The average molecular weight is 224 g/mol. The quantitative estimate of drug-likeness (QED) is 0.638. The van der Waals surface area contributed by atoms with Gasteiger partial charge in [0.1, 0.15) is 0 Å². The fourth-order valence-electron chi connectivity index (χ4n) is 2.34. The fourth-order valence-corrected chi connectivity index (χ4v) is 2.34. The van der Waals surface area contributed by atoms with Gasteiger partial charge in [0.15, 0.2) is 0 Å². The molecular formula is C14H28N2. The third-order valence-electron chi connectivity index (χ3n) is 3.39. The number of nitrogens with zero attached hydrogens (tertiary/aromatic N) is 1. The molecule has 0 spiro atoms. The summed E-state index contributed by atoms with van der Waals surface area (Å²) in [6.07, 6.45) is 7.13. The molecule has 0 bridgehead atoms. The molecule has 2 heteroatoms. The van der Waals surface area contributed by atoms with Crippen LogP contribution in [0.1, 0.15) is 39.5 Å². The molecule has 0 aromatic heterocycles. The van der Waals surface area contributed by atoms with E-state index in [2.05, 4.69) is 30.6 Å². The van der Waals surface area contributed by atoms with Crippen molar-refractivity contribution >= 4 is 0 Å². The molecule has 1 heterocycles. The second-order valence-corrected chi connectivity index (χ2v) is 5.29. The molecule has 1 fully saturated rings. The van der Waals surface area contributed by atoms with E-state index in [1.54, 1.807) is 0 Å². The maximum absolute atomic E-state index is 3.76. The van der Waals surface area contributed by atoms with Gasteiger partial charge in [-0.3, -0.25) is 0 Å². The molecule has 0 aliphatic carbocycles. The zero-order valence-corrected chi connectivity index (χ0v) is 11.0. The number of likely N-dealkylation sites (tertiary alicyclic amines) is 1. The Labute approximate surface area is 101 Å². The van der Waals surface area contributed by atoms with E-state index in [1.807, 2.05) is 6.08 Å². The first-order valence-corrected chi connectivity index (χ1v) is 6.79. The summed E-state index contributed by atoms with van der Waals surface area (Å²) in [5, 5.41) is 3.62. The van der Waals surface area contributed by atoms with Gasteiger partial charge in [-0.25, -0.2) is 0 Å². The molecule has 1 rings (SSSR count). The van der Waals surface area contributed by atoms with Crippen LogP contribution in [0, 0.1) is 5.92 Å². The van der Waals surface area contributed by atoms with Gasteiger partial charge in [-0.1, -0.05) is 13.0 Å². The Hall–Kier alpha value is -0.340. The van der Waals surface area contributed by atoms with Crippen LogP contribution in [0.4, 0.5) is 0 Å². The number of hydrogen-bond donors (Lipinski definition) is 1. The lowest BCUT2D eigenvalue weighted by Gasteiger charge is -2.22. The van der Waals surface area contributed by atoms with Gasteiger partial charge in [-0.2, -0.15) is 0 Å². The van der Waals surface area contributed by atoms with E-state index in [0.717, 1.165) is 18.9 Å². The van der Waals surface area contributed by atoms with Crippen molar-refractivity contribution in [3.05, 3.63) is 12.7 Å². The minimum atomic E-state index is 0.624. The summed E-state index contributed by atoms with van der Waals surface area (Å²) in [6, 6.07) is 0.624. The van der Waals surface area contributed by atoms with E-state index in [4.69, 9.17) is 0 Å². The first kappa shape index (κ1) is 13.7. The van der Waals surface area contributed by atoms with Crippen LogP contribution in [0.15, 0.2) is 12.7 Å². The summed E-state index contributed by atoms with van der Waals surface area (Å²) >= 11 is 0. The SMILES string of the molecule is C=CCCC(C)NCC(C)CN1CCCC1. The van der Waals surface area contributed by atoms with E-state index in [9.17, 15) is 0 Å². The highest BCUT2D eigenvalue weighted by Gasteiger charge is 2.14. The van der Waals surface area contributed by atoms with Crippen molar-refractivity contribution in [2.75, 3.05) is 26.2 Å². The highest BCUT2D eigenvalue weighted by Crippen LogP contribution is 2.10. The number of nitrogens with one attached hydrogen (secondary N) is 1. The van der Waals surface area contributed by atoms with E-state index < -0.39 is 0 Å². The minimum absolute atomic E-state index is 0.624. The first-order chi connectivity index (χ1) is 7.72. The molecule has 1 aliphatic rings. The summed E-state index contributed by atoms with van der Waals surface area (Å²) in [4.78, 5) is 2.60. The third kappa shape index (κ3) is 5.66. The predicted molar refractivity (Wildman–Crippen MR) is 71.7 cm³/mol. The molecule has 94 valence electrons. The van der Waals surface area contributed by atoms with Crippen LogP contribution in [-0.2, 0) is 0 Å². The summed E-state index contributed by atoms with van der Waals surface area (Å²) in [6.45, 7) is 13.4. The summed E-state index contributed by atoms with van der Waals surface area (Å²) in [7, 11) is 0. The molecule has 1 N–H and O–H groups in total. The Morgan fingerprint density at radius 1 is 1.31 bits per heavy atom. The normalized spacial score (nSPS) is 20.9. The van der Waals surface area contributed by atoms with Crippen LogP contribution in [0.25, 0.3) is 0 Å². The van der Waals surface area contributed by atoms with Gasteiger partial charge in [-0.15, -0.1) is 6.58 Å². The van der Waals surface area contributed by atoms with Gasteiger partial charge in [-0.05, 0) is 58.2 Å². The largest absolute Gasteiger partial charge is 0.314 e. The monoisotopic (exact) mass is 224 g/mol. The van der Waals surface area contributed by atoms with Gasteiger partial charge < -0.3 is 10.2 Å². The van der Waals surface area contributed by atoms with Gasteiger partial charge in [0.05, 0.1) is 0 Å². The second-order valence-electron chi connectivity index (χ2n) is 5.29. The lowest BCUT2D eigenvalue weighted by atomic mass is 10.1. The lowest BCUT2D eigenvalue weighted by Crippen LogP contribution is -2.35. The minimum Gasteiger partial charge on any atom is -0.314 e. The topological polar surface area (TPSA) is 15.3 Å². The molecule has 2 unspecified atom stereocenters. The maximum Gasteiger partial charge on any atom is 0.00417 e. The Morgan fingerprint density at radius 3 is 2.62 bits per heavy atom. The van der Waals surface area contributed by atoms with E-state index >= 15 is 0 Å². The molecule has 1 saturated heterocycles. The van der Waals surface area contributed by atoms with Crippen molar-refractivity contribution in [1.82, 2.24) is 10.2 Å². The zero-order chi connectivity index (χ0) is 11.8. The third-order valence-corrected chi connectivity index (χ3v) is 3.39. The molecule has 0 amide bonds. The number of rotatable bonds is 8. The van der Waals surface area contributed by atoms with Crippen molar-refractivity contribution in [3.63, 3.8) is 0 Å². The molecular weight excluding hydrogens is 196 g/mol. The Kier molecular flexibility index (Phi) is 6.74. The van der Waals surface area contributed by atoms with E-state index in [0.29, 0.717) is 6.04 Å². The molecule has 16 heavy (non-hydrogen) atoms. The van der Waals surface area contributed by atoms with Crippen LogP contribution in [0.2, 0.25) is 0 Å². The summed E-state index contributed by atoms with van der Waals surface area (Å²) < 4.78 is 0. The van der Waals surface area contributed by atoms with Crippen molar-refractivity contribution in [3.8, 4) is 0 Å². The van der Waals surface area contributed by atoms with Gasteiger partial charge in [0, 0.05) is 12.6 Å². The second kappa shape index (κ2) is 7.86. The van der Waals surface area contributed by atoms with E-state index in [-0.39, 0.29) is 0 Å². The predicted octanol–water partition coefficient (Wildman–Crippen LogP) is 2.66. The van der Waals surface area contributed by atoms with Crippen LogP contribution < -0.4 is 5.32 Å². The molecule has 0 aromatic carbocycles. The van der Waals surface area contributed by atoms with Gasteiger partial charge >= 0.3 is 0 Å². The lowest BCUT2D eigenvalue weighted by molar-refractivity contribution is 0.278. The van der Waals surface area contributed by atoms with Crippen molar-refractivity contribution < 1.29 is 0 Å². The number of allylic oxidation sites excluding steroid dienone is 1. The van der Waals surface area contributed by atoms with Crippen LogP contribution in [-0.4, -0.2) is 37.1 Å². The van der Waals surface area contributed by atoms with Crippen LogP contribution in [0.3, 0.4) is 0 Å². The average Bonchev–Trinajstić information content (AvgIpc) is 2.76. The molecule has 0 radical (unpaired) electrons. The Morgan fingerprint density at radius 2 is 2.00 bits per heavy atom. The van der Waals surface area contributed by atoms with Gasteiger partial charge in [0.25, 0.3) is 0 Å². The number of hydrogen-bond acceptors (Lipinski definition) is 2. The standard InChI is InChI=1S/C14H28N2/c1-4-5-8-14(3)15-11-13(2)12-16-9-6-7-10-16/h4,13-15H,1,5-12H2,2-3H3. The highest BCUT2D eigenvalue weighted by atomic mass is 15.1. The van der Waals surface area contributed by atoms with Crippen LogP contribution >= 0.6 is 0 Å². The molecule has 2 nitrogen and oxygen atoms in total. The molecule has 0 aromatic rings. The maximum atomic E-state index is 3.76. The smallest absolute Gasteiger partial charge is 0.00417 e. The fraction of sp³-hybridized carbons (Fsp3) is 0.857. The molecule has 1 aliphatic heterocycles. The summed E-state index contributed by atoms with van der Waals surface area (Å²) in [5.41, 5.74) is 0. The van der Waals surface area contributed by atoms with Crippen molar-refractivity contribution in [2.45, 2.75) is 45.6 Å². The molecule has 0 saturated carbocycles. The van der Waals surface area contributed by atoms with Crippen LogP contribution in [0.5, 0.6) is 0 Å². The Balaban J connectivity index is 2.04. The zero-order valence-electron chi connectivity index (χ0n) is 11.0. The van der Waals surface area contributed by atoms with E-state index in [1.165, 1.54) is 38.9 Å². The van der Waals surface area contributed by atoms with Crippen molar-refractivity contribution in [2.24, 2.45) is 5.92 Å². The van der Waals surface area contributed by atoms with Gasteiger partial charge in [0.2, 0.25) is 0 Å². The Bertz CT molecular complexity index is 185. The first-order valence-electron chi connectivity index (χ1n) is 6.79. The summed E-state index contributed by atoms with van der Waals surface area (Å²) in [5.74, 6) is 0.768. The highest BCUT2D eigenvalue weighted by molar-refractivity contribution is 4.74. The van der Waals surface area contributed by atoms with Crippen molar-refractivity contribution in [1.29, 1.82) is 0 Å².